The van der Waals surface area contributed by atoms with E-state index in [-0.39, 0.29) is 5.91 Å². The van der Waals surface area contributed by atoms with Gasteiger partial charge in [0.1, 0.15) is 11.5 Å². The van der Waals surface area contributed by atoms with Crippen LogP contribution < -0.4 is 10.5 Å². The lowest BCUT2D eigenvalue weighted by molar-refractivity contribution is 0.0595. The van der Waals surface area contributed by atoms with Crippen LogP contribution in [0.3, 0.4) is 0 Å². The molecule has 0 radical (unpaired) electrons. The number of rotatable bonds is 5. The smallest absolute Gasteiger partial charge is 0.254 e. The third-order valence-electron chi connectivity index (χ3n) is 4.89. The molecule has 0 aliphatic carbocycles. The second-order valence-electron chi connectivity index (χ2n) is 7.01. The molecule has 0 spiro atoms. The molecule has 1 amide bonds. The Kier molecular flexibility index (Phi) is 6.37. The van der Waals surface area contributed by atoms with E-state index < -0.39 is 0 Å². The van der Waals surface area contributed by atoms with E-state index in [0.29, 0.717) is 34.7 Å². The van der Waals surface area contributed by atoms with E-state index in [4.69, 9.17) is 22.1 Å². The number of ether oxygens (including phenoxy) is 1. The summed E-state index contributed by atoms with van der Waals surface area (Å²) in [5.74, 6) is 1.23. The van der Waals surface area contributed by atoms with E-state index in [9.17, 15) is 4.79 Å². The van der Waals surface area contributed by atoms with E-state index in [0.717, 1.165) is 31.7 Å². The van der Waals surface area contributed by atoms with Crippen molar-refractivity contribution < 1.29 is 9.53 Å². The van der Waals surface area contributed by atoms with E-state index in [1.165, 1.54) is 0 Å². The molecule has 27 heavy (non-hydrogen) atoms. The number of carbonyl (C=O) groups is 1. The van der Waals surface area contributed by atoms with E-state index >= 15 is 0 Å². The first-order chi connectivity index (χ1) is 13.0. The van der Waals surface area contributed by atoms with Crippen LogP contribution in [-0.2, 0) is 6.54 Å². The van der Waals surface area contributed by atoms with Gasteiger partial charge in [0.25, 0.3) is 5.91 Å². The molecule has 3 rings (SSSR count). The Morgan fingerprint density at radius 2 is 1.89 bits per heavy atom. The van der Waals surface area contributed by atoms with E-state index in [1.807, 2.05) is 29.2 Å². The molecule has 6 heteroatoms. The largest absolute Gasteiger partial charge is 0.457 e. The van der Waals surface area contributed by atoms with Crippen molar-refractivity contribution in [2.24, 2.45) is 5.73 Å². The standard InChI is InChI=1S/C21H26ClN3O2/c1-15(2)24-8-10-25(11-9-24)21(26)16-6-7-17(14-23)20(12-16)27-19-5-3-4-18(22)13-19/h3-7,12-13,15H,8-11,14,23H2,1-2H3. The highest BCUT2D eigenvalue weighted by Crippen LogP contribution is 2.28. The van der Waals surface area contributed by atoms with Crippen molar-refractivity contribution in [3.8, 4) is 11.5 Å². The fraction of sp³-hybridized carbons (Fsp3) is 0.381. The summed E-state index contributed by atoms with van der Waals surface area (Å²) in [6, 6.07) is 13.1. The van der Waals surface area contributed by atoms with Crippen LogP contribution >= 0.6 is 11.6 Å². The second kappa shape index (κ2) is 8.74. The maximum Gasteiger partial charge on any atom is 0.254 e. The summed E-state index contributed by atoms with van der Waals surface area (Å²) in [4.78, 5) is 17.2. The van der Waals surface area contributed by atoms with Gasteiger partial charge in [-0.3, -0.25) is 9.69 Å². The predicted molar refractivity (Wildman–Crippen MR) is 108 cm³/mol. The molecule has 0 aromatic heterocycles. The topological polar surface area (TPSA) is 58.8 Å². The van der Waals surface area contributed by atoms with Crippen molar-refractivity contribution in [2.45, 2.75) is 26.4 Å². The zero-order chi connectivity index (χ0) is 19.4. The fourth-order valence-corrected chi connectivity index (χ4v) is 3.41. The Morgan fingerprint density at radius 3 is 2.52 bits per heavy atom. The SMILES string of the molecule is CC(C)N1CCN(C(=O)c2ccc(CN)c(Oc3cccc(Cl)c3)c2)CC1. The Hall–Kier alpha value is -2.08. The molecule has 1 saturated heterocycles. The minimum atomic E-state index is 0.0259. The molecule has 1 heterocycles. The fourth-order valence-electron chi connectivity index (χ4n) is 3.23. The van der Waals surface area contributed by atoms with Gasteiger partial charge in [0.2, 0.25) is 0 Å². The summed E-state index contributed by atoms with van der Waals surface area (Å²) in [5.41, 5.74) is 7.30. The Morgan fingerprint density at radius 1 is 1.15 bits per heavy atom. The lowest BCUT2D eigenvalue weighted by Gasteiger charge is -2.37. The first kappa shape index (κ1) is 19.7. The van der Waals surface area contributed by atoms with Crippen LogP contribution in [-0.4, -0.2) is 47.9 Å². The molecule has 1 fully saturated rings. The number of amides is 1. The molecule has 144 valence electrons. The first-order valence-electron chi connectivity index (χ1n) is 9.27. The summed E-state index contributed by atoms with van der Waals surface area (Å²) in [6.07, 6.45) is 0. The number of hydrogen-bond acceptors (Lipinski definition) is 4. The molecule has 2 aromatic carbocycles. The van der Waals surface area contributed by atoms with Gasteiger partial charge in [0.05, 0.1) is 0 Å². The van der Waals surface area contributed by atoms with Gasteiger partial charge in [-0.1, -0.05) is 23.7 Å². The van der Waals surface area contributed by atoms with Crippen LogP contribution in [0.15, 0.2) is 42.5 Å². The summed E-state index contributed by atoms with van der Waals surface area (Å²) >= 11 is 6.03. The van der Waals surface area contributed by atoms with Crippen LogP contribution in [0.25, 0.3) is 0 Å². The quantitative estimate of drug-likeness (QED) is 0.848. The minimum absolute atomic E-state index is 0.0259. The van der Waals surface area contributed by atoms with Gasteiger partial charge in [0, 0.05) is 54.9 Å². The van der Waals surface area contributed by atoms with Gasteiger partial charge in [-0.05, 0) is 44.2 Å². The van der Waals surface area contributed by atoms with Crippen LogP contribution in [0.2, 0.25) is 5.02 Å². The molecule has 0 atom stereocenters. The number of nitrogens with two attached hydrogens (primary N) is 1. The molecule has 2 N–H and O–H groups in total. The zero-order valence-corrected chi connectivity index (χ0v) is 16.6. The number of carbonyl (C=O) groups excluding carboxylic acids is 1. The van der Waals surface area contributed by atoms with Crippen LogP contribution in [0.4, 0.5) is 0 Å². The van der Waals surface area contributed by atoms with Gasteiger partial charge in [0.15, 0.2) is 0 Å². The number of piperazine rings is 1. The van der Waals surface area contributed by atoms with Crippen molar-refractivity contribution in [3.05, 3.63) is 58.6 Å². The van der Waals surface area contributed by atoms with Crippen LogP contribution in [0.1, 0.15) is 29.8 Å². The van der Waals surface area contributed by atoms with Crippen LogP contribution in [0.5, 0.6) is 11.5 Å². The van der Waals surface area contributed by atoms with Gasteiger partial charge in [-0.25, -0.2) is 0 Å². The van der Waals surface area contributed by atoms with Gasteiger partial charge in [-0.15, -0.1) is 0 Å². The summed E-state index contributed by atoms with van der Waals surface area (Å²) in [5, 5.41) is 0.594. The summed E-state index contributed by atoms with van der Waals surface area (Å²) in [6.45, 7) is 7.97. The van der Waals surface area contributed by atoms with Crippen molar-refractivity contribution in [2.75, 3.05) is 26.2 Å². The Labute approximate surface area is 165 Å². The van der Waals surface area contributed by atoms with Crippen LogP contribution in [0, 0.1) is 0 Å². The lowest BCUT2D eigenvalue weighted by atomic mass is 10.1. The third-order valence-corrected chi connectivity index (χ3v) is 5.12. The average Bonchev–Trinajstić information content (AvgIpc) is 2.67. The predicted octanol–water partition coefficient (Wildman–Crippen LogP) is 3.76. The highest BCUT2D eigenvalue weighted by atomic mass is 35.5. The molecule has 2 aromatic rings. The molecule has 1 aliphatic heterocycles. The highest BCUT2D eigenvalue weighted by molar-refractivity contribution is 6.30. The zero-order valence-electron chi connectivity index (χ0n) is 15.8. The molecule has 0 bridgehead atoms. The van der Waals surface area contributed by atoms with E-state index in [2.05, 4.69) is 18.7 Å². The van der Waals surface area contributed by atoms with Gasteiger partial charge < -0.3 is 15.4 Å². The monoisotopic (exact) mass is 387 g/mol. The molecular formula is C21H26ClN3O2. The number of halogens is 1. The number of nitrogens with zero attached hydrogens (tertiary/aromatic N) is 2. The highest BCUT2D eigenvalue weighted by Gasteiger charge is 2.24. The van der Waals surface area contributed by atoms with Gasteiger partial charge in [-0.2, -0.15) is 0 Å². The Balaban J connectivity index is 1.77. The molecular weight excluding hydrogens is 362 g/mol. The Bertz CT molecular complexity index is 802. The number of hydrogen-bond donors (Lipinski definition) is 1. The summed E-state index contributed by atoms with van der Waals surface area (Å²) < 4.78 is 5.96. The molecule has 1 aliphatic rings. The normalized spacial score (nSPS) is 15.2. The van der Waals surface area contributed by atoms with Gasteiger partial charge >= 0.3 is 0 Å². The lowest BCUT2D eigenvalue weighted by Crippen LogP contribution is -2.50. The molecule has 5 nitrogen and oxygen atoms in total. The first-order valence-corrected chi connectivity index (χ1v) is 9.65. The maximum absolute atomic E-state index is 12.9. The van der Waals surface area contributed by atoms with E-state index in [1.54, 1.807) is 18.2 Å². The van der Waals surface area contributed by atoms with Crippen molar-refractivity contribution in [3.63, 3.8) is 0 Å². The second-order valence-corrected chi connectivity index (χ2v) is 7.44. The average molecular weight is 388 g/mol. The minimum Gasteiger partial charge on any atom is -0.457 e. The molecule has 0 saturated carbocycles. The van der Waals surface area contributed by atoms with Crippen molar-refractivity contribution >= 4 is 17.5 Å². The van der Waals surface area contributed by atoms with Crippen molar-refractivity contribution in [1.29, 1.82) is 0 Å². The summed E-state index contributed by atoms with van der Waals surface area (Å²) in [7, 11) is 0. The third kappa shape index (κ3) is 4.80. The molecule has 0 unspecified atom stereocenters. The maximum atomic E-state index is 12.9. The van der Waals surface area contributed by atoms with Crippen molar-refractivity contribution in [1.82, 2.24) is 9.80 Å². The number of benzene rings is 2.